The van der Waals surface area contributed by atoms with Gasteiger partial charge in [-0.05, 0) is 0 Å². The number of hydrogen-bond donors (Lipinski definition) is 2. The van der Waals surface area contributed by atoms with Crippen LogP contribution in [0.25, 0.3) is 0 Å². The molecule has 0 bridgehead atoms. The first-order valence-electron chi connectivity index (χ1n) is 4.85. The zero-order valence-electron chi connectivity index (χ0n) is 9.10. The molecule has 0 aromatic carbocycles. The lowest BCUT2D eigenvalue weighted by atomic mass is 10.2. The van der Waals surface area contributed by atoms with E-state index in [1.807, 2.05) is 0 Å². The number of nitrogens with two attached hydrogens (primary N) is 1. The molecule has 3 N–H and O–H groups in total. The van der Waals surface area contributed by atoms with Crippen LogP contribution >= 0.6 is 0 Å². The number of carbonyl (C=O) groups excluding carboxylic acids is 2. The number of nitrogens with zero attached hydrogens (tertiary/aromatic N) is 3. The number of carbonyl (C=O) groups is 2. The van der Waals surface area contributed by atoms with Crippen LogP contribution in [0.15, 0.2) is 6.20 Å². The zero-order chi connectivity index (χ0) is 11.9. The summed E-state index contributed by atoms with van der Waals surface area (Å²) < 4.78 is 1.54. The van der Waals surface area contributed by atoms with Crippen molar-refractivity contribution in [1.82, 2.24) is 14.7 Å². The van der Waals surface area contributed by atoms with Crippen molar-refractivity contribution in [1.29, 1.82) is 0 Å². The average molecular weight is 223 g/mol. The molecule has 0 radical (unpaired) electrons. The highest BCUT2D eigenvalue weighted by atomic mass is 16.2. The second-order valence-corrected chi connectivity index (χ2v) is 3.80. The van der Waals surface area contributed by atoms with Crippen LogP contribution in [0.1, 0.15) is 6.42 Å². The Morgan fingerprint density at radius 3 is 2.62 bits per heavy atom. The fraction of sp³-hybridized carbons (Fsp3) is 0.444. The van der Waals surface area contributed by atoms with Crippen molar-refractivity contribution in [2.24, 2.45) is 7.05 Å². The number of amides is 2. The van der Waals surface area contributed by atoms with Crippen LogP contribution < -0.4 is 11.1 Å². The highest BCUT2D eigenvalue weighted by Crippen LogP contribution is 2.20. The molecule has 7 heteroatoms. The molecule has 0 aliphatic carbocycles. The molecule has 1 atom stereocenters. The van der Waals surface area contributed by atoms with Crippen molar-refractivity contribution < 1.29 is 9.59 Å². The predicted octanol–water partition coefficient (Wildman–Crippen LogP) is -0.829. The van der Waals surface area contributed by atoms with Gasteiger partial charge in [-0.2, -0.15) is 5.10 Å². The first-order valence-corrected chi connectivity index (χ1v) is 4.85. The third-order valence-corrected chi connectivity index (χ3v) is 2.55. The van der Waals surface area contributed by atoms with Crippen LogP contribution in [-0.4, -0.2) is 39.6 Å². The number of nitrogen functional groups attached to an aromatic ring is 1. The Hall–Kier alpha value is -2.05. The van der Waals surface area contributed by atoms with Gasteiger partial charge in [0.1, 0.15) is 6.04 Å². The molecule has 1 saturated heterocycles. The van der Waals surface area contributed by atoms with Crippen molar-refractivity contribution in [2.45, 2.75) is 12.5 Å². The van der Waals surface area contributed by atoms with E-state index in [0.29, 0.717) is 11.5 Å². The van der Waals surface area contributed by atoms with Crippen molar-refractivity contribution >= 4 is 23.3 Å². The van der Waals surface area contributed by atoms with Crippen LogP contribution in [0.3, 0.4) is 0 Å². The molecule has 1 unspecified atom stereocenters. The van der Waals surface area contributed by atoms with Gasteiger partial charge in [-0.25, -0.2) is 0 Å². The Balaban J connectivity index is 2.14. The van der Waals surface area contributed by atoms with E-state index in [2.05, 4.69) is 10.4 Å². The summed E-state index contributed by atoms with van der Waals surface area (Å²) in [7, 11) is 3.20. The molecule has 1 aromatic rings. The number of aromatic nitrogens is 2. The van der Waals surface area contributed by atoms with Gasteiger partial charge in [0.25, 0.3) is 5.91 Å². The van der Waals surface area contributed by atoms with Gasteiger partial charge in [-0.15, -0.1) is 0 Å². The van der Waals surface area contributed by atoms with Crippen molar-refractivity contribution in [3.8, 4) is 0 Å². The van der Waals surface area contributed by atoms with Gasteiger partial charge in [0, 0.05) is 20.3 Å². The highest BCUT2D eigenvalue weighted by Gasteiger charge is 2.36. The first kappa shape index (κ1) is 10.5. The van der Waals surface area contributed by atoms with E-state index in [1.54, 1.807) is 17.9 Å². The van der Waals surface area contributed by atoms with Gasteiger partial charge in [0.2, 0.25) is 5.91 Å². The third-order valence-electron chi connectivity index (χ3n) is 2.55. The molecule has 1 fully saturated rings. The van der Waals surface area contributed by atoms with Crippen LogP contribution in [0.4, 0.5) is 11.5 Å². The highest BCUT2D eigenvalue weighted by molar-refractivity contribution is 6.06. The Bertz CT molecular complexity index is 453. The van der Waals surface area contributed by atoms with E-state index in [9.17, 15) is 9.59 Å². The lowest BCUT2D eigenvalue weighted by Gasteiger charge is -2.10. The van der Waals surface area contributed by atoms with Gasteiger partial charge < -0.3 is 11.1 Å². The molecule has 1 aliphatic rings. The summed E-state index contributed by atoms with van der Waals surface area (Å²) in [5, 5.41) is 6.93. The Labute approximate surface area is 92.2 Å². The predicted molar refractivity (Wildman–Crippen MR) is 57.4 cm³/mol. The van der Waals surface area contributed by atoms with E-state index in [4.69, 9.17) is 5.73 Å². The van der Waals surface area contributed by atoms with Crippen LogP contribution in [0.5, 0.6) is 0 Å². The van der Waals surface area contributed by atoms with Gasteiger partial charge >= 0.3 is 0 Å². The minimum absolute atomic E-state index is 0.144. The molecule has 16 heavy (non-hydrogen) atoms. The number of anilines is 2. The second-order valence-electron chi connectivity index (χ2n) is 3.80. The zero-order valence-corrected chi connectivity index (χ0v) is 9.10. The first-order chi connectivity index (χ1) is 7.49. The summed E-state index contributed by atoms with van der Waals surface area (Å²) in [6, 6.07) is -0.560. The minimum atomic E-state index is -0.560. The third kappa shape index (κ3) is 1.60. The average Bonchev–Trinajstić information content (AvgIpc) is 2.64. The second kappa shape index (κ2) is 3.51. The summed E-state index contributed by atoms with van der Waals surface area (Å²) in [5.74, 6) is -0.0176. The van der Waals surface area contributed by atoms with E-state index in [0.717, 1.165) is 4.90 Å². The lowest BCUT2D eigenvalue weighted by molar-refractivity contribution is -0.136. The maximum atomic E-state index is 11.6. The Morgan fingerprint density at radius 2 is 2.19 bits per heavy atom. The number of nitrogens with one attached hydrogen (secondary N) is 1. The standard InChI is InChI=1S/C9H13N5O2/c1-13-4-5(10)8(12-13)11-6-3-7(15)14(2)9(6)16/h4,6H,3,10H2,1-2H3,(H,11,12). The van der Waals surface area contributed by atoms with E-state index in [-0.39, 0.29) is 18.2 Å². The van der Waals surface area contributed by atoms with Gasteiger partial charge in [0.15, 0.2) is 5.82 Å². The largest absolute Gasteiger partial charge is 0.394 e. The smallest absolute Gasteiger partial charge is 0.251 e. The molecule has 2 amide bonds. The van der Waals surface area contributed by atoms with Crippen molar-refractivity contribution in [3.05, 3.63) is 6.20 Å². The number of imide groups is 1. The minimum Gasteiger partial charge on any atom is -0.394 e. The summed E-state index contributed by atoms with van der Waals surface area (Å²) in [6.07, 6.45) is 1.78. The van der Waals surface area contributed by atoms with E-state index >= 15 is 0 Å². The summed E-state index contributed by atoms with van der Waals surface area (Å²) in [6.45, 7) is 0. The molecule has 0 saturated carbocycles. The number of aryl methyl sites for hydroxylation is 1. The van der Waals surface area contributed by atoms with Gasteiger partial charge in [0.05, 0.1) is 12.1 Å². The molecule has 1 aromatic heterocycles. The molecule has 7 nitrogen and oxygen atoms in total. The van der Waals surface area contributed by atoms with E-state index < -0.39 is 6.04 Å². The van der Waals surface area contributed by atoms with Crippen molar-refractivity contribution in [2.75, 3.05) is 18.1 Å². The molecule has 2 heterocycles. The fourth-order valence-corrected chi connectivity index (χ4v) is 1.65. The van der Waals surface area contributed by atoms with Gasteiger partial charge in [-0.3, -0.25) is 19.2 Å². The lowest BCUT2D eigenvalue weighted by Crippen LogP contribution is -2.32. The van der Waals surface area contributed by atoms with Crippen LogP contribution in [-0.2, 0) is 16.6 Å². The quantitative estimate of drug-likeness (QED) is 0.638. The Morgan fingerprint density at radius 1 is 1.50 bits per heavy atom. The monoisotopic (exact) mass is 223 g/mol. The molecular weight excluding hydrogens is 210 g/mol. The maximum absolute atomic E-state index is 11.6. The molecule has 1 aliphatic heterocycles. The topological polar surface area (TPSA) is 93.2 Å². The SMILES string of the molecule is CN1C(=O)CC(Nc2nn(C)cc2N)C1=O. The maximum Gasteiger partial charge on any atom is 0.251 e. The Kier molecular flexibility index (Phi) is 2.30. The summed E-state index contributed by atoms with van der Waals surface area (Å²) in [4.78, 5) is 24.0. The van der Waals surface area contributed by atoms with Crippen LogP contribution in [0.2, 0.25) is 0 Å². The molecule has 0 spiro atoms. The van der Waals surface area contributed by atoms with E-state index in [1.165, 1.54) is 7.05 Å². The number of likely N-dealkylation sites (N-methyl/N-ethyl adjacent to an activating group) is 1. The summed E-state index contributed by atoms with van der Waals surface area (Å²) in [5.41, 5.74) is 6.13. The molecule has 86 valence electrons. The number of hydrogen-bond acceptors (Lipinski definition) is 5. The molecular formula is C9H13N5O2. The van der Waals surface area contributed by atoms with Crippen molar-refractivity contribution in [3.63, 3.8) is 0 Å². The number of likely N-dealkylation sites (tertiary alicyclic amines) is 1. The normalized spacial score (nSPS) is 20.6. The number of rotatable bonds is 2. The fourth-order valence-electron chi connectivity index (χ4n) is 1.65. The molecule has 2 rings (SSSR count). The van der Waals surface area contributed by atoms with Crippen LogP contribution in [0, 0.1) is 0 Å². The summed E-state index contributed by atoms with van der Waals surface area (Å²) >= 11 is 0. The van der Waals surface area contributed by atoms with Gasteiger partial charge in [-0.1, -0.05) is 0 Å².